The van der Waals surface area contributed by atoms with Crippen LogP contribution in [0.15, 0.2) is 0 Å². The zero-order chi connectivity index (χ0) is 33.8. The quantitative estimate of drug-likeness (QED) is 0.0492. The molecule has 46 heavy (non-hydrogen) atoms. The Hall–Kier alpha value is -0.660. The first-order valence-corrected chi connectivity index (χ1v) is 21.4. The second-order valence-electron chi connectivity index (χ2n) is 15.1. The molecular weight excluding hydrogens is 560 g/mol. The van der Waals surface area contributed by atoms with Crippen LogP contribution in [0, 0.1) is 12.3 Å². The summed E-state index contributed by atoms with van der Waals surface area (Å²) in [5, 5.41) is 0. The van der Waals surface area contributed by atoms with E-state index in [0.29, 0.717) is 19.3 Å². The summed E-state index contributed by atoms with van der Waals surface area (Å²) >= 11 is 0. The topological polar surface area (TPSA) is 34.1 Å². The van der Waals surface area contributed by atoms with Gasteiger partial charge in [-0.3, -0.25) is 9.59 Å². The number of ketones is 2. The molecule has 273 valence electrons. The van der Waals surface area contributed by atoms with E-state index in [2.05, 4.69) is 20.8 Å². The van der Waals surface area contributed by atoms with E-state index in [1.165, 1.54) is 193 Å². The standard InChI is InChI=1S/C44H85O2/c1-5-8-10-12-14-16-18-20-22-23-24-25-27-29-31-33-35-37-39-41-43(46)44(4,7-3)42(45)40-38-36-34-32-30-28-26-21-19-17-15-13-11-9-6-2/h4-41H2,1-3H3. The molecule has 1 atom stereocenters. The third-order valence-electron chi connectivity index (χ3n) is 10.7. The Morgan fingerprint density at radius 1 is 0.326 bits per heavy atom. The summed E-state index contributed by atoms with van der Waals surface area (Å²) in [6.07, 6.45) is 47.2. The lowest BCUT2D eigenvalue weighted by atomic mass is 9.75. The zero-order valence-corrected chi connectivity index (χ0v) is 32.2. The first-order valence-electron chi connectivity index (χ1n) is 21.4. The molecule has 0 aliphatic heterocycles. The van der Waals surface area contributed by atoms with Gasteiger partial charge in [0.05, 0.1) is 5.41 Å². The second-order valence-corrected chi connectivity index (χ2v) is 15.1. The normalized spacial score (nSPS) is 12.9. The molecule has 0 aromatic carbocycles. The van der Waals surface area contributed by atoms with Crippen molar-refractivity contribution in [1.82, 2.24) is 0 Å². The molecule has 2 nitrogen and oxygen atoms in total. The van der Waals surface area contributed by atoms with Crippen LogP contribution in [0.2, 0.25) is 0 Å². The molecule has 1 unspecified atom stereocenters. The van der Waals surface area contributed by atoms with Gasteiger partial charge >= 0.3 is 0 Å². The molecule has 0 aliphatic rings. The van der Waals surface area contributed by atoms with E-state index < -0.39 is 5.41 Å². The minimum atomic E-state index is -0.996. The minimum absolute atomic E-state index is 0.0903. The molecule has 0 saturated carbocycles. The highest BCUT2D eigenvalue weighted by atomic mass is 16.2. The smallest absolute Gasteiger partial charge is 0.146 e. The molecule has 0 rings (SSSR count). The number of unbranched alkanes of at least 4 members (excludes halogenated alkanes) is 32. The van der Waals surface area contributed by atoms with Gasteiger partial charge in [-0.05, 0) is 26.2 Å². The predicted molar refractivity (Wildman–Crippen MR) is 206 cm³/mol. The van der Waals surface area contributed by atoms with Gasteiger partial charge < -0.3 is 0 Å². The third kappa shape index (κ3) is 28.4. The van der Waals surface area contributed by atoms with E-state index in [9.17, 15) is 9.59 Å². The van der Waals surface area contributed by atoms with Gasteiger partial charge in [0.25, 0.3) is 0 Å². The van der Waals surface area contributed by atoms with Crippen molar-refractivity contribution >= 4 is 11.6 Å². The summed E-state index contributed by atoms with van der Waals surface area (Å²) in [5.41, 5.74) is -0.996. The molecule has 2 heteroatoms. The monoisotopic (exact) mass is 646 g/mol. The average molecular weight is 646 g/mol. The summed E-state index contributed by atoms with van der Waals surface area (Å²) in [6.45, 7) is 10.7. The van der Waals surface area contributed by atoms with Crippen molar-refractivity contribution in [2.24, 2.45) is 5.41 Å². The highest BCUT2D eigenvalue weighted by Crippen LogP contribution is 2.29. The van der Waals surface area contributed by atoms with Crippen LogP contribution in [0.3, 0.4) is 0 Å². The van der Waals surface area contributed by atoms with Crippen LogP contribution in [-0.4, -0.2) is 11.6 Å². The summed E-state index contributed by atoms with van der Waals surface area (Å²) < 4.78 is 0. The number of hydrogen-bond acceptors (Lipinski definition) is 2. The lowest BCUT2D eigenvalue weighted by Crippen LogP contribution is -2.36. The zero-order valence-electron chi connectivity index (χ0n) is 32.2. The highest BCUT2D eigenvalue weighted by molar-refractivity contribution is 6.07. The predicted octanol–water partition coefficient (Wildman–Crippen LogP) is 15.4. The summed E-state index contributed by atoms with van der Waals surface area (Å²) in [7, 11) is 0. The third-order valence-corrected chi connectivity index (χ3v) is 10.7. The fourth-order valence-electron chi connectivity index (χ4n) is 7.05. The van der Waals surface area contributed by atoms with Crippen LogP contribution in [0.1, 0.15) is 258 Å². The van der Waals surface area contributed by atoms with Gasteiger partial charge in [0.15, 0.2) is 0 Å². The molecule has 0 amide bonds. The van der Waals surface area contributed by atoms with Gasteiger partial charge in [-0.25, -0.2) is 0 Å². The summed E-state index contributed by atoms with van der Waals surface area (Å²) in [4.78, 5) is 26.0. The van der Waals surface area contributed by atoms with Crippen molar-refractivity contribution in [1.29, 1.82) is 0 Å². The average Bonchev–Trinajstić information content (AvgIpc) is 3.06. The van der Waals surface area contributed by atoms with Crippen molar-refractivity contribution in [3.8, 4) is 0 Å². The first kappa shape index (κ1) is 45.3. The molecule has 0 bridgehead atoms. The van der Waals surface area contributed by atoms with Gasteiger partial charge in [-0.2, -0.15) is 0 Å². The Kier molecular flexibility index (Phi) is 35.1. The van der Waals surface area contributed by atoms with E-state index in [1.807, 2.05) is 6.92 Å². The Labute approximate surface area is 291 Å². The van der Waals surface area contributed by atoms with Crippen molar-refractivity contribution in [2.45, 2.75) is 258 Å². The van der Waals surface area contributed by atoms with Gasteiger partial charge in [0.2, 0.25) is 0 Å². The maximum absolute atomic E-state index is 13.0. The van der Waals surface area contributed by atoms with Crippen LogP contribution >= 0.6 is 0 Å². The van der Waals surface area contributed by atoms with Crippen molar-refractivity contribution in [3.05, 3.63) is 6.92 Å². The molecule has 1 radical (unpaired) electrons. The Bertz CT molecular complexity index is 640. The van der Waals surface area contributed by atoms with Crippen molar-refractivity contribution < 1.29 is 9.59 Å². The van der Waals surface area contributed by atoms with Crippen LogP contribution in [-0.2, 0) is 9.59 Å². The lowest BCUT2D eigenvalue weighted by molar-refractivity contribution is -0.138. The maximum Gasteiger partial charge on any atom is 0.146 e. The minimum Gasteiger partial charge on any atom is -0.299 e. The Morgan fingerprint density at radius 2 is 0.500 bits per heavy atom. The van der Waals surface area contributed by atoms with E-state index in [0.717, 1.165) is 25.7 Å². The molecule has 0 aromatic rings. The Morgan fingerprint density at radius 3 is 0.674 bits per heavy atom. The molecule has 0 fully saturated rings. The summed E-state index contributed by atoms with van der Waals surface area (Å²) in [6, 6.07) is 0. The fourth-order valence-corrected chi connectivity index (χ4v) is 7.05. The van der Waals surface area contributed by atoms with Crippen LogP contribution in [0.25, 0.3) is 0 Å². The maximum atomic E-state index is 13.0. The molecule has 0 aromatic heterocycles. The fraction of sp³-hybridized carbons (Fsp3) is 0.932. The highest BCUT2D eigenvalue weighted by Gasteiger charge is 2.37. The lowest BCUT2D eigenvalue weighted by Gasteiger charge is -2.25. The second kappa shape index (κ2) is 35.6. The summed E-state index contributed by atoms with van der Waals surface area (Å²) in [5.74, 6) is 0.181. The van der Waals surface area contributed by atoms with Gasteiger partial charge in [-0.15, -0.1) is 0 Å². The van der Waals surface area contributed by atoms with E-state index in [1.54, 1.807) is 0 Å². The van der Waals surface area contributed by atoms with Crippen molar-refractivity contribution in [2.75, 3.05) is 0 Å². The van der Waals surface area contributed by atoms with Gasteiger partial charge in [0, 0.05) is 12.8 Å². The SMILES string of the molecule is [CH2]C(CC)(C(=O)CCCCCCCCCCCCCCCCC)C(=O)CCCCCCCCCCCCCCCCCCCCC. The Balaban J connectivity index is 3.61. The number of carbonyl (C=O) groups excluding carboxylic acids is 2. The van der Waals surface area contributed by atoms with Crippen LogP contribution in [0.4, 0.5) is 0 Å². The number of carbonyl (C=O) groups is 2. The van der Waals surface area contributed by atoms with Gasteiger partial charge in [-0.1, -0.05) is 226 Å². The largest absolute Gasteiger partial charge is 0.299 e. The molecular formula is C44H85O2. The van der Waals surface area contributed by atoms with E-state index in [-0.39, 0.29) is 11.6 Å². The van der Waals surface area contributed by atoms with E-state index in [4.69, 9.17) is 0 Å². The van der Waals surface area contributed by atoms with Crippen molar-refractivity contribution in [3.63, 3.8) is 0 Å². The molecule has 0 heterocycles. The van der Waals surface area contributed by atoms with Gasteiger partial charge in [0.1, 0.15) is 11.6 Å². The number of Topliss-reactive ketones (excluding diaryl/α,β-unsaturated/α-hetero) is 2. The van der Waals surface area contributed by atoms with Crippen LogP contribution < -0.4 is 0 Å². The first-order chi connectivity index (χ1) is 22.5. The molecule has 0 saturated heterocycles. The van der Waals surface area contributed by atoms with Crippen LogP contribution in [0.5, 0.6) is 0 Å². The molecule has 0 spiro atoms. The number of rotatable bonds is 39. The molecule has 0 aliphatic carbocycles. The molecule has 0 N–H and O–H groups in total. The van der Waals surface area contributed by atoms with E-state index >= 15 is 0 Å². The number of hydrogen-bond donors (Lipinski definition) is 0.